The zero-order valence-corrected chi connectivity index (χ0v) is 17.8. The molecule has 6 nitrogen and oxygen atoms in total. The van der Waals surface area contributed by atoms with Gasteiger partial charge in [0.2, 0.25) is 0 Å². The molecule has 0 unspecified atom stereocenters. The highest BCUT2D eigenvalue weighted by Crippen LogP contribution is 2.32. The molecule has 0 saturated heterocycles. The van der Waals surface area contributed by atoms with E-state index in [1.54, 1.807) is 25.6 Å². The minimum Gasteiger partial charge on any atom is -0.493 e. The average molecular weight is 409 g/mol. The van der Waals surface area contributed by atoms with Crippen LogP contribution in [0.4, 0.5) is 5.82 Å². The Morgan fingerprint density at radius 3 is 2.62 bits per heavy atom. The maximum atomic E-state index is 5.44. The van der Waals surface area contributed by atoms with Crippen molar-refractivity contribution in [3.8, 4) is 22.8 Å². The predicted octanol–water partition coefficient (Wildman–Crippen LogP) is 4.75. The second-order valence-electron chi connectivity index (χ2n) is 6.80. The van der Waals surface area contributed by atoms with E-state index in [1.165, 1.54) is 4.88 Å². The van der Waals surface area contributed by atoms with Gasteiger partial charge < -0.3 is 14.8 Å². The van der Waals surface area contributed by atoms with E-state index in [1.807, 2.05) is 35.7 Å². The molecule has 0 atom stereocenters. The molecule has 0 bridgehead atoms. The molecule has 0 fully saturated rings. The Labute approximate surface area is 174 Å². The van der Waals surface area contributed by atoms with Crippen LogP contribution in [0.15, 0.2) is 41.8 Å². The fourth-order valence-electron chi connectivity index (χ4n) is 3.30. The van der Waals surface area contributed by atoms with Crippen LogP contribution in [0.3, 0.4) is 0 Å². The smallest absolute Gasteiger partial charge is 0.161 e. The first-order valence-corrected chi connectivity index (χ1v) is 10.3. The summed E-state index contributed by atoms with van der Waals surface area (Å²) in [5.41, 5.74) is 4.70. The maximum Gasteiger partial charge on any atom is 0.161 e. The molecule has 0 radical (unpaired) electrons. The Bertz CT molecular complexity index is 1140. The van der Waals surface area contributed by atoms with Gasteiger partial charge in [-0.05, 0) is 49.9 Å². The number of benzene rings is 1. The Morgan fingerprint density at radius 2 is 1.90 bits per heavy atom. The average Bonchev–Trinajstić information content (AvgIpc) is 3.40. The number of ether oxygens (including phenoxy) is 2. The summed E-state index contributed by atoms with van der Waals surface area (Å²) < 4.78 is 12.7. The number of aryl methyl sites for hydroxylation is 1. The monoisotopic (exact) mass is 408 g/mol. The highest BCUT2D eigenvalue weighted by Gasteiger charge is 2.15. The topological polar surface area (TPSA) is 60.7 Å². The Balaban J connectivity index is 1.69. The van der Waals surface area contributed by atoms with Crippen molar-refractivity contribution < 1.29 is 9.47 Å². The molecule has 0 spiro atoms. The van der Waals surface area contributed by atoms with Gasteiger partial charge in [-0.3, -0.25) is 0 Å². The second-order valence-corrected chi connectivity index (χ2v) is 7.83. The number of nitrogens with zero attached hydrogens (tertiary/aromatic N) is 3. The van der Waals surface area contributed by atoms with E-state index in [4.69, 9.17) is 19.6 Å². The normalized spacial score (nSPS) is 11.0. The van der Waals surface area contributed by atoms with E-state index in [9.17, 15) is 0 Å². The molecule has 4 aromatic rings. The lowest BCUT2D eigenvalue weighted by Gasteiger charge is -2.12. The third-order valence-electron chi connectivity index (χ3n) is 5.01. The van der Waals surface area contributed by atoms with Crippen molar-refractivity contribution >= 4 is 22.8 Å². The summed E-state index contributed by atoms with van der Waals surface area (Å²) in [5.74, 6) is 2.35. The van der Waals surface area contributed by atoms with Crippen molar-refractivity contribution in [2.45, 2.75) is 20.3 Å². The van der Waals surface area contributed by atoms with E-state index in [-0.39, 0.29) is 0 Å². The Morgan fingerprint density at radius 1 is 1.07 bits per heavy atom. The van der Waals surface area contributed by atoms with Gasteiger partial charge in [0.15, 0.2) is 17.1 Å². The van der Waals surface area contributed by atoms with E-state index < -0.39 is 0 Å². The highest BCUT2D eigenvalue weighted by molar-refractivity contribution is 7.09. The van der Waals surface area contributed by atoms with Crippen molar-refractivity contribution in [1.82, 2.24) is 14.6 Å². The third kappa shape index (κ3) is 3.78. The molecule has 3 heterocycles. The van der Waals surface area contributed by atoms with Crippen molar-refractivity contribution in [2.75, 3.05) is 26.1 Å². The summed E-state index contributed by atoms with van der Waals surface area (Å²) in [7, 11) is 3.27. The largest absolute Gasteiger partial charge is 0.493 e. The number of methoxy groups -OCH3 is 2. The van der Waals surface area contributed by atoms with Crippen LogP contribution in [0, 0.1) is 13.8 Å². The molecular formula is C22H24N4O2S. The van der Waals surface area contributed by atoms with Gasteiger partial charge in [0.1, 0.15) is 5.82 Å². The van der Waals surface area contributed by atoms with Gasteiger partial charge in [0.05, 0.1) is 19.9 Å². The van der Waals surface area contributed by atoms with Gasteiger partial charge in [-0.15, -0.1) is 11.3 Å². The van der Waals surface area contributed by atoms with Crippen molar-refractivity contribution in [1.29, 1.82) is 0 Å². The first-order chi connectivity index (χ1) is 14.1. The van der Waals surface area contributed by atoms with Gasteiger partial charge in [-0.2, -0.15) is 9.61 Å². The first kappa shape index (κ1) is 19.3. The number of hydrogen-bond acceptors (Lipinski definition) is 6. The maximum absolute atomic E-state index is 5.44. The molecule has 150 valence electrons. The van der Waals surface area contributed by atoms with Crippen LogP contribution in [0.2, 0.25) is 0 Å². The molecule has 3 aromatic heterocycles. The fraction of sp³-hybridized carbons (Fsp3) is 0.273. The molecule has 0 aliphatic heterocycles. The quantitative estimate of drug-likeness (QED) is 0.478. The highest BCUT2D eigenvalue weighted by atomic mass is 32.1. The lowest BCUT2D eigenvalue weighted by atomic mass is 10.1. The molecule has 4 rings (SSSR count). The lowest BCUT2D eigenvalue weighted by Crippen LogP contribution is -2.12. The summed E-state index contributed by atoms with van der Waals surface area (Å²) in [6, 6.07) is 12.1. The van der Waals surface area contributed by atoms with Gasteiger partial charge in [0.25, 0.3) is 0 Å². The summed E-state index contributed by atoms with van der Waals surface area (Å²) in [4.78, 5) is 6.09. The lowest BCUT2D eigenvalue weighted by molar-refractivity contribution is 0.355. The van der Waals surface area contributed by atoms with Crippen LogP contribution in [0.1, 0.15) is 16.1 Å². The predicted molar refractivity (Wildman–Crippen MR) is 118 cm³/mol. The van der Waals surface area contributed by atoms with Crippen molar-refractivity contribution in [3.05, 3.63) is 57.9 Å². The third-order valence-corrected chi connectivity index (χ3v) is 5.94. The molecular weight excluding hydrogens is 384 g/mol. The Hall–Kier alpha value is -3.06. The van der Waals surface area contributed by atoms with Crippen molar-refractivity contribution in [3.63, 3.8) is 0 Å². The number of hydrogen-bond donors (Lipinski definition) is 1. The SMILES string of the molecule is COc1ccc(-c2cc3nc(C)c(C)c(NCCc4cccs4)n3n2)cc1OC. The standard InChI is InChI=1S/C22H24N4O2S/c1-14-15(2)24-21-13-18(16-7-8-19(27-3)20(12-16)28-4)25-26(21)22(14)23-10-9-17-6-5-11-29-17/h5-8,11-13,23H,9-10H2,1-4H3. The van der Waals surface area contributed by atoms with Crippen LogP contribution in [-0.4, -0.2) is 35.4 Å². The van der Waals surface area contributed by atoms with E-state index in [0.29, 0.717) is 11.5 Å². The molecule has 0 amide bonds. The molecule has 1 aromatic carbocycles. The van der Waals surface area contributed by atoms with Crippen LogP contribution in [0.25, 0.3) is 16.9 Å². The summed E-state index contributed by atoms with van der Waals surface area (Å²) >= 11 is 1.78. The minimum atomic E-state index is 0.677. The van der Waals surface area contributed by atoms with Crippen LogP contribution in [0.5, 0.6) is 11.5 Å². The zero-order valence-electron chi connectivity index (χ0n) is 17.0. The zero-order chi connectivity index (χ0) is 20.4. The molecule has 0 saturated carbocycles. The van der Waals surface area contributed by atoms with E-state index >= 15 is 0 Å². The molecule has 0 aliphatic carbocycles. The number of rotatable bonds is 7. The van der Waals surface area contributed by atoms with Gasteiger partial charge >= 0.3 is 0 Å². The van der Waals surface area contributed by atoms with Gasteiger partial charge in [-0.1, -0.05) is 6.07 Å². The molecule has 1 N–H and O–H groups in total. The minimum absolute atomic E-state index is 0.677. The molecule has 7 heteroatoms. The first-order valence-electron chi connectivity index (χ1n) is 9.46. The number of nitrogens with one attached hydrogen (secondary N) is 1. The van der Waals surface area contributed by atoms with E-state index in [0.717, 1.165) is 46.9 Å². The van der Waals surface area contributed by atoms with Crippen LogP contribution in [-0.2, 0) is 6.42 Å². The summed E-state index contributed by atoms with van der Waals surface area (Å²) in [6.45, 7) is 4.95. The summed E-state index contributed by atoms with van der Waals surface area (Å²) in [5, 5.41) is 10.5. The number of thiophene rings is 1. The second kappa shape index (κ2) is 8.13. The van der Waals surface area contributed by atoms with Crippen molar-refractivity contribution in [2.24, 2.45) is 0 Å². The molecule has 0 aliphatic rings. The van der Waals surface area contributed by atoms with Crippen LogP contribution >= 0.6 is 11.3 Å². The van der Waals surface area contributed by atoms with Crippen LogP contribution < -0.4 is 14.8 Å². The summed E-state index contributed by atoms with van der Waals surface area (Å²) in [6.07, 6.45) is 0.976. The number of fused-ring (bicyclic) bond motifs is 1. The molecule has 29 heavy (non-hydrogen) atoms. The van der Waals surface area contributed by atoms with Gasteiger partial charge in [0, 0.05) is 34.3 Å². The van der Waals surface area contributed by atoms with E-state index in [2.05, 4.69) is 29.8 Å². The number of aromatic nitrogens is 3. The number of anilines is 1. The fourth-order valence-corrected chi connectivity index (χ4v) is 4.01. The van der Waals surface area contributed by atoms with Gasteiger partial charge in [-0.25, -0.2) is 4.98 Å². The Kier molecular flexibility index (Phi) is 5.40.